The molecule has 1 aromatic carbocycles. The Hall–Kier alpha value is -2.17. The van der Waals surface area contributed by atoms with Gasteiger partial charge in [0.25, 0.3) is 0 Å². The summed E-state index contributed by atoms with van der Waals surface area (Å²) in [7, 11) is 0. The molecule has 31 heavy (non-hydrogen) atoms. The number of hydrogen-bond acceptors (Lipinski definition) is 3. The highest BCUT2D eigenvalue weighted by molar-refractivity contribution is 6.00. The van der Waals surface area contributed by atoms with Gasteiger partial charge in [-0.15, -0.1) is 0 Å². The largest absolute Gasteiger partial charge is 0.481 e. The Kier molecular flexibility index (Phi) is 7.90. The fourth-order valence-corrected chi connectivity index (χ4v) is 5.18. The minimum Gasteiger partial charge on any atom is -0.481 e. The van der Waals surface area contributed by atoms with Gasteiger partial charge in [-0.2, -0.15) is 0 Å². The van der Waals surface area contributed by atoms with Gasteiger partial charge < -0.3 is 9.67 Å². The van der Waals surface area contributed by atoms with Crippen molar-refractivity contribution in [1.82, 2.24) is 9.55 Å². The lowest BCUT2D eigenvalue weighted by molar-refractivity contribution is -0.142. The quantitative estimate of drug-likeness (QED) is 0.419. The molecule has 1 saturated carbocycles. The Morgan fingerprint density at radius 3 is 2.42 bits per heavy atom. The first kappa shape index (κ1) is 23.5. The Morgan fingerprint density at radius 1 is 1.16 bits per heavy atom. The molecule has 5 heteroatoms. The Balaban J connectivity index is 1.91. The smallest absolute Gasteiger partial charge is 0.306 e. The number of fused-ring (bicyclic) bond motifs is 1. The molecule has 0 unspecified atom stereocenters. The standard InChI is InChI=1S/C26H38N2O3/c1-5-21(6-2)28-23-12-11-19(24(29)16-20(26(30)31)13-17(3)4)15-22(23)27-25(28)14-18-9-7-8-10-18/h11-12,15,17-18,20-21H,5-10,13-14,16H2,1-4H3,(H,30,31)/t20-/m1/s1. The average Bonchev–Trinajstić information content (AvgIpc) is 3.36. The van der Waals surface area contributed by atoms with Crippen LogP contribution in [0.5, 0.6) is 0 Å². The Morgan fingerprint density at radius 2 is 1.84 bits per heavy atom. The molecule has 3 rings (SSSR count). The first-order valence-corrected chi connectivity index (χ1v) is 12.1. The van der Waals surface area contributed by atoms with E-state index in [1.807, 2.05) is 32.0 Å². The van der Waals surface area contributed by atoms with Gasteiger partial charge in [-0.05, 0) is 49.3 Å². The number of aliphatic carboxylic acids is 1. The van der Waals surface area contributed by atoms with E-state index in [1.54, 1.807) is 0 Å². The maximum absolute atomic E-state index is 12.9. The zero-order valence-electron chi connectivity index (χ0n) is 19.6. The molecule has 170 valence electrons. The fourth-order valence-electron chi connectivity index (χ4n) is 5.18. The molecule has 0 spiro atoms. The van der Waals surface area contributed by atoms with Crippen LogP contribution in [0.3, 0.4) is 0 Å². The molecule has 5 nitrogen and oxygen atoms in total. The molecule has 0 aliphatic heterocycles. The summed E-state index contributed by atoms with van der Waals surface area (Å²) >= 11 is 0. The highest BCUT2D eigenvalue weighted by atomic mass is 16.4. The van der Waals surface area contributed by atoms with Crippen molar-refractivity contribution in [3.8, 4) is 0 Å². The first-order valence-electron chi connectivity index (χ1n) is 12.1. The van der Waals surface area contributed by atoms with Gasteiger partial charge in [0, 0.05) is 24.4 Å². The van der Waals surface area contributed by atoms with E-state index in [2.05, 4.69) is 18.4 Å². The molecular weight excluding hydrogens is 388 g/mol. The number of aromatic nitrogens is 2. The second-order valence-corrected chi connectivity index (χ2v) is 9.72. The van der Waals surface area contributed by atoms with Gasteiger partial charge in [0.1, 0.15) is 5.82 Å². The number of imidazole rings is 1. The molecule has 0 bridgehead atoms. The highest BCUT2D eigenvalue weighted by Crippen LogP contribution is 2.32. The third kappa shape index (κ3) is 5.55. The molecule has 0 radical (unpaired) electrons. The zero-order valence-corrected chi connectivity index (χ0v) is 19.6. The number of Topliss-reactive ketones (excluding diaryl/α,β-unsaturated/α-hetero) is 1. The van der Waals surface area contributed by atoms with Crippen LogP contribution in [-0.4, -0.2) is 26.4 Å². The molecule has 1 atom stereocenters. The summed E-state index contributed by atoms with van der Waals surface area (Å²) in [6, 6.07) is 6.16. The van der Waals surface area contributed by atoms with Crippen molar-refractivity contribution < 1.29 is 14.7 Å². The van der Waals surface area contributed by atoms with E-state index in [-0.39, 0.29) is 18.1 Å². The lowest BCUT2D eigenvalue weighted by atomic mass is 9.90. The molecule has 0 amide bonds. The third-order valence-corrected chi connectivity index (χ3v) is 6.88. The lowest BCUT2D eigenvalue weighted by Crippen LogP contribution is -2.20. The van der Waals surface area contributed by atoms with E-state index in [9.17, 15) is 14.7 Å². The van der Waals surface area contributed by atoms with Crippen molar-refractivity contribution in [2.45, 2.75) is 91.5 Å². The van der Waals surface area contributed by atoms with E-state index in [4.69, 9.17) is 4.98 Å². The minimum absolute atomic E-state index is 0.0429. The van der Waals surface area contributed by atoms with E-state index >= 15 is 0 Å². The van der Waals surface area contributed by atoms with Gasteiger partial charge in [0.2, 0.25) is 0 Å². The SMILES string of the molecule is CCC(CC)n1c(CC2CCCC2)nc2cc(C(=O)C[C@@H](CC(C)C)C(=O)O)ccc21. The summed E-state index contributed by atoms with van der Waals surface area (Å²) in [6.07, 6.45) is 8.85. The molecule has 2 aromatic rings. The van der Waals surface area contributed by atoms with Gasteiger partial charge in [0.15, 0.2) is 5.78 Å². The van der Waals surface area contributed by atoms with Crippen LogP contribution in [0.4, 0.5) is 0 Å². The Bertz CT molecular complexity index is 905. The number of benzene rings is 1. The maximum Gasteiger partial charge on any atom is 0.306 e. The first-order chi connectivity index (χ1) is 14.8. The topological polar surface area (TPSA) is 72.2 Å². The van der Waals surface area contributed by atoms with E-state index < -0.39 is 11.9 Å². The molecule has 1 aromatic heterocycles. The number of ketones is 1. The van der Waals surface area contributed by atoms with Crippen LogP contribution in [0.2, 0.25) is 0 Å². The van der Waals surface area contributed by atoms with Crippen molar-refractivity contribution in [3.05, 3.63) is 29.6 Å². The van der Waals surface area contributed by atoms with Crippen molar-refractivity contribution in [3.63, 3.8) is 0 Å². The number of rotatable bonds is 11. The van der Waals surface area contributed by atoms with Crippen LogP contribution in [0.25, 0.3) is 11.0 Å². The lowest BCUT2D eigenvalue weighted by Gasteiger charge is -2.20. The van der Waals surface area contributed by atoms with Gasteiger partial charge in [-0.3, -0.25) is 9.59 Å². The molecule has 1 N–H and O–H groups in total. The molecule has 1 heterocycles. The highest BCUT2D eigenvalue weighted by Gasteiger charge is 2.25. The number of carbonyl (C=O) groups is 2. The maximum atomic E-state index is 12.9. The minimum atomic E-state index is -0.889. The van der Waals surface area contributed by atoms with Gasteiger partial charge in [-0.1, -0.05) is 53.4 Å². The normalized spacial score (nSPS) is 15.9. The fraction of sp³-hybridized carbons (Fsp3) is 0.654. The molecule has 1 aliphatic carbocycles. The predicted octanol–water partition coefficient (Wildman–Crippen LogP) is 6.45. The summed E-state index contributed by atoms with van der Waals surface area (Å²) in [5.74, 6) is 0.458. The van der Waals surface area contributed by atoms with Gasteiger partial charge in [0.05, 0.1) is 17.0 Å². The monoisotopic (exact) mass is 426 g/mol. The van der Waals surface area contributed by atoms with Crippen molar-refractivity contribution >= 4 is 22.8 Å². The second kappa shape index (κ2) is 10.4. The van der Waals surface area contributed by atoms with Crippen LogP contribution in [0.15, 0.2) is 18.2 Å². The summed E-state index contributed by atoms with van der Waals surface area (Å²) < 4.78 is 2.40. The van der Waals surface area contributed by atoms with Crippen molar-refractivity contribution in [1.29, 1.82) is 0 Å². The molecule has 1 aliphatic rings. The number of hydrogen-bond donors (Lipinski definition) is 1. The third-order valence-electron chi connectivity index (χ3n) is 6.88. The average molecular weight is 427 g/mol. The van der Waals surface area contributed by atoms with Crippen LogP contribution in [0, 0.1) is 17.8 Å². The van der Waals surface area contributed by atoms with Crippen molar-refractivity contribution in [2.24, 2.45) is 17.8 Å². The molecule has 1 fully saturated rings. The zero-order chi connectivity index (χ0) is 22.5. The number of carboxylic acid groups (broad SMARTS) is 1. The van der Waals surface area contributed by atoms with E-state index in [0.717, 1.165) is 36.1 Å². The van der Waals surface area contributed by atoms with Crippen LogP contribution in [0.1, 0.15) is 101 Å². The Labute approximate surface area is 186 Å². The van der Waals surface area contributed by atoms with Crippen LogP contribution in [-0.2, 0) is 11.2 Å². The summed E-state index contributed by atoms with van der Waals surface area (Å²) in [6.45, 7) is 8.42. The number of nitrogens with zero attached hydrogens (tertiary/aromatic N) is 2. The number of carbonyl (C=O) groups excluding carboxylic acids is 1. The van der Waals surface area contributed by atoms with Crippen molar-refractivity contribution in [2.75, 3.05) is 0 Å². The van der Waals surface area contributed by atoms with E-state index in [1.165, 1.54) is 25.7 Å². The van der Waals surface area contributed by atoms with E-state index in [0.29, 0.717) is 23.9 Å². The van der Waals surface area contributed by atoms with Crippen LogP contribution >= 0.6 is 0 Å². The number of carboxylic acids is 1. The molecular formula is C26H38N2O3. The molecule has 0 saturated heterocycles. The summed E-state index contributed by atoms with van der Waals surface area (Å²) in [5.41, 5.74) is 2.53. The van der Waals surface area contributed by atoms with Gasteiger partial charge in [-0.25, -0.2) is 4.98 Å². The summed E-state index contributed by atoms with van der Waals surface area (Å²) in [4.78, 5) is 29.5. The predicted molar refractivity (Wildman–Crippen MR) is 125 cm³/mol. The van der Waals surface area contributed by atoms with Gasteiger partial charge >= 0.3 is 5.97 Å². The second-order valence-electron chi connectivity index (χ2n) is 9.72. The summed E-state index contributed by atoms with van der Waals surface area (Å²) in [5, 5.41) is 9.51. The van der Waals surface area contributed by atoms with Crippen LogP contribution < -0.4 is 0 Å².